The van der Waals surface area contributed by atoms with E-state index in [4.69, 9.17) is 5.73 Å². The van der Waals surface area contributed by atoms with Gasteiger partial charge in [0.1, 0.15) is 0 Å². The summed E-state index contributed by atoms with van der Waals surface area (Å²) in [6, 6.07) is 0. The fourth-order valence-electron chi connectivity index (χ4n) is 3.03. The molecule has 0 rings (SSSR count). The number of aliphatic hydroxyl groups excluding tert-OH is 1. The molecule has 0 aromatic carbocycles. The molecule has 22 heavy (non-hydrogen) atoms. The Labute approximate surface area is 135 Å². The van der Waals surface area contributed by atoms with Gasteiger partial charge in [0, 0.05) is 6.42 Å². The monoisotopic (exact) mass is 335 g/mol. The molecule has 0 saturated heterocycles. The quantitative estimate of drug-likeness (QED) is 0.242. The molecule has 0 fully saturated rings. The molecule has 132 valence electrons. The topological polar surface area (TPSA) is 104 Å². The molecule has 0 aliphatic rings. The Morgan fingerprint density at radius 3 is 2.00 bits per heavy atom. The minimum absolute atomic E-state index is 0.178. The van der Waals surface area contributed by atoms with Gasteiger partial charge in [0.15, 0.2) is 0 Å². The highest BCUT2D eigenvalue weighted by Crippen LogP contribution is 2.59. The molecule has 0 aliphatic carbocycles. The van der Waals surface area contributed by atoms with E-state index in [9.17, 15) is 19.5 Å². The molecule has 0 atom stereocenters. The van der Waals surface area contributed by atoms with Gasteiger partial charge in [-0.3, -0.25) is 4.57 Å². The van der Waals surface area contributed by atoms with Crippen LogP contribution < -0.4 is 5.73 Å². The molecule has 0 unspecified atom stereocenters. The van der Waals surface area contributed by atoms with Crippen molar-refractivity contribution in [1.82, 2.24) is 0 Å². The summed E-state index contributed by atoms with van der Waals surface area (Å²) in [6.45, 7) is 6.24. The number of hydrogen-bond donors (Lipinski definition) is 4. The van der Waals surface area contributed by atoms with Crippen LogP contribution in [0.3, 0.4) is 0 Å². The lowest BCUT2D eigenvalue weighted by Crippen LogP contribution is -2.31. The predicted molar refractivity (Wildman–Crippen MR) is 92.1 cm³/mol. The van der Waals surface area contributed by atoms with Crippen LogP contribution in [0, 0.1) is 0 Å². The maximum Gasteiger partial charge on any atom is 0.335 e. The molecule has 0 spiro atoms. The Hall–Kier alpha value is -0.350. The van der Waals surface area contributed by atoms with Crippen molar-refractivity contribution in [1.29, 1.82) is 0 Å². The van der Waals surface area contributed by atoms with E-state index in [1.807, 2.05) is 6.92 Å². The Morgan fingerprint density at radius 1 is 1.00 bits per heavy atom. The van der Waals surface area contributed by atoms with Crippen molar-refractivity contribution >= 4 is 7.60 Å². The maximum absolute atomic E-state index is 12.1. The number of hydrogen-bond acceptors (Lipinski definition) is 3. The second-order valence-corrected chi connectivity index (χ2v) is 7.85. The lowest BCUT2D eigenvalue weighted by atomic mass is 9.87. The van der Waals surface area contributed by atoms with E-state index in [0.29, 0.717) is 37.8 Å². The Balaban J connectivity index is 5.50. The van der Waals surface area contributed by atoms with Gasteiger partial charge in [0.2, 0.25) is 0 Å². The molecule has 0 radical (unpaired) electrons. The van der Waals surface area contributed by atoms with E-state index in [0.717, 1.165) is 32.1 Å². The smallest absolute Gasteiger partial charge is 0.335 e. The second kappa shape index (κ2) is 10.4. The van der Waals surface area contributed by atoms with Gasteiger partial charge in [-0.05, 0) is 50.6 Å². The average molecular weight is 335 g/mol. The summed E-state index contributed by atoms with van der Waals surface area (Å²) in [5.41, 5.74) is 6.03. The first kappa shape index (κ1) is 21.6. The van der Waals surface area contributed by atoms with Crippen LogP contribution in [0.1, 0.15) is 78.6 Å². The molecule has 6 heteroatoms. The molecule has 0 amide bonds. The van der Waals surface area contributed by atoms with Gasteiger partial charge in [0.25, 0.3) is 0 Å². The first-order chi connectivity index (χ1) is 10.3. The molecule has 0 saturated carbocycles. The highest BCUT2D eigenvalue weighted by molar-refractivity contribution is 7.53. The summed E-state index contributed by atoms with van der Waals surface area (Å²) in [5.74, 6) is 0.178. The minimum Gasteiger partial charge on any atom is -0.512 e. The molecule has 0 bridgehead atoms. The van der Waals surface area contributed by atoms with E-state index < -0.39 is 12.8 Å². The largest absolute Gasteiger partial charge is 0.512 e. The Kier molecular flexibility index (Phi) is 10.3. The summed E-state index contributed by atoms with van der Waals surface area (Å²) in [5, 5.41) is 9.28. The van der Waals surface area contributed by atoms with Gasteiger partial charge in [-0.15, -0.1) is 0 Å². The van der Waals surface area contributed by atoms with Crippen molar-refractivity contribution in [3.63, 3.8) is 0 Å². The van der Waals surface area contributed by atoms with Crippen LogP contribution in [0.4, 0.5) is 0 Å². The van der Waals surface area contributed by atoms with Gasteiger partial charge in [-0.2, -0.15) is 0 Å². The average Bonchev–Trinajstić information content (AvgIpc) is 2.46. The van der Waals surface area contributed by atoms with Crippen molar-refractivity contribution in [3.8, 4) is 0 Å². The molecule has 5 N–H and O–H groups in total. The molecule has 5 nitrogen and oxygen atoms in total. The second-order valence-electron chi connectivity index (χ2n) is 5.91. The van der Waals surface area contributed by atoms with Crippen LogP contribution in [-0.2, 0) is 4.57 Å². The van der Waals surface area contributed by atoms with E-state index in [1.54, 1.807) is 13.8 Å². The number of aliphatic hydroxyl groups is 1. The zero-order valence-electron chi connectivity index (χ0n) is 14.3. The lowest BCUT2D eigenvalue weighted by Gasteiger charge is -2.36. The fourth-order valence-corrected chi connectivity index (χ4v) is 4.44. The molecule has 0 aliphatic heterocycles. The van der Waals surface area contributed by atoms with E-state index in [1.165, 1.54) is 0 Å². The first-order valence-corrected chi connectivity index (χ1v) is 10.1. The van der Waals surface area contributed by atoms with Gasteiger partial charge in [0.05, 0.1) is 10.9 Å². The molecule has 0 aromatic heterocycles. The van der Waals surface area contributed by atoms with Crippen molar-refractivity contribution in [2.45, 2.75) is 83.7 Å². The minimum atomic E-state index is -4.34. The van der Waals surface area contributed by atoms with E-state index in [2.05, 4.69) is 0 Å². The fraction of sp³-hybridized carbons (Fsp3) is 0.875. The van der Waals surface area contributed by atoms with Crippen LogP contribution in [0.15, 0.2) is 11.3 Å². The molecule has 0 heterocycles. The number of unbranched alkanes of at least 4 members (excludes halogenated alkanes) is 3. The Morgan fingerprint density at radius 2 is 1.59 bits per heavy atom. The van der Waals surface area contributed by atoms with Crippen molar-refractivity contribution < 1.29 is 19.5 Å². The summed E-state index contributed by atoms with van der Waals surface area (Å²) in [7, 11) is -4.34. The number of rotatable bonds is 12. The summed E-state index contributed by atoms with van der Waals surface area (Å²) in [6.07, 6.45) is 6.06. The highest BCUT2D eigenvalue weighted by atomic mass is 31.2. The van der Waals surface area contributed by atoms with Crippen LogP contribution in [-0.4, -0.2) is 26.6 Å². The van der Waals surface area contributed by atoms with Crippen LogP contribution >= 0.6 is 7.60 Å². The molecular weight excluding hydrogens is 301 g/mol. The van der Waals surface area contributed by atoms with E-state index in [-0.39, 0.29) is 5.76 Å². The maximum atomic E-state index is 12.1. The Bertz CT molecular complexity index is 386. The highest BCUT2D eigenvalue weighted by Gasteiger charge is 2.47. The van der Waals surface area contributed by atoms with Gasteiger partial charge < -0.3 is 20.6 Å². The molecule has 0 aromatic rings. The zero-order chi connectivity index (χ0) is 17.2. The summed E-state index contributed by atoms with van der Waals surface area (Å²) in [4.78, 5) is 19.8. The van der Waals surface area contributed by atoms with E-state index >= 15 is 0 Å². The number of allylic oxidation sites excluding steroid dienone is 2. The van der Waals surface area contributed by atoms with Gasteiger partial charge in [-0.1, -0.05) is 33.6 Å². The van der Waals surface area contributed by atoms with Gasteiger partial charge in [-0.25, -0.2) is 0 Å². The zero-order valence-corrected chi connectivity index (χ0v) is 15.2. The third kappa shape index (κ3) is 5.69. The SMILES string of the molecule is CCCCC(=C(O)CCCCCN)C(CC)(CC)P(=O)(O)O. The van der Waals surface area contributed by atoms with Crippen molar-refractivity contribution in [2.75, 3.05) is 6.54 Å². The summed E-state index contributed by atoms with van der Waals surface area (Å²) < 4.78 is 12.1. The third-order valence-corrected chi connectivity index (χ3v) is 6.55. The molecular formula is C16H34NO4P. The van der Waals surface area contributed by atoms with Crippen LogP contribution in [0.5, 0.6) is 0 Å². The van der Waals surface area contributed by atoms with Crippen molar-refractivity contribution in [2.24, 2.45) is 5.73 Å². The standard InChI is InChI=1S/C16H34NO4P/c1-4-7-11-14(15(18)12-9-8-10-13-17)16(5-2,6-3)22(19,20)21/h18H,4-13,17H2,1-3H3,(H2,19,20,21). The van der Waals surface area contributed by atoms with Crippen molar-refractivity contribution in [3.05, 3.63) is 11.3 Å². The normalized spacial score (nSPS) is 14.1. The predicted octanol–water partition coefficient (Wildman–Crippen LogP) is 4.24. The van der Waals surface area contributed by atoms with Crippen LogP contribution in [0.25, 0.3) is 0 Å². The summed E-state index contributed by atoms with van der Waals surface area (Å²) >= 11 is 0. The number of nitrogens with two attached hydrogens (primary N) is 1. The lowest BCUT2D eigenvalue weighted by molar-refractivity contribution is 0.309. The van der Waals surface area contributed by atoms with Crippen LogP contribution in [0.2, 0.25) is 0 Å². The third-order valence-electron chi connectivity index (χ3n) is 4.54. The first-order valence-electron chi connectivity index (χ1n) is 8.47. The van der Waals surface area contributed by atoms with Gasteiger partial charge >= 0.3 is 7.60 Å².